The van der Waals surface area contributed by atoms with Crippen LogP contribution in [0.3, 0.4) is 0 Å². The molecular weight excluding hydrogens is 1460 g/mol. The van der Waals surface area contributed by atoms with Gasteiger partial charge in [-0.25, -0.2) is 42.4 Å². The number of carbonyl (C=O) groups excluding carboxylic acids is 8. The molecule has 0 saturated carbocycles. The third-order valence-electron chi connectivity index (χ3n) is 19.9. The topological polar surface area (TPSA) is 422 Å². The number of hydrogen-bond donors (Lipinski definition) is 8. The third-order valence-corrected chi connectivity index (χ3v) is 24.1. The fourth-order valence-corrected chi connectivity index (χ4v) is 17.2. The standard InChI is InChI=1S/2C26H32N4O5S.C21H26N4O2S.C5H8O4/c2*1-30(23(31)13-14-24(32)35-2)16-17-9-11-20(12-10-17)36(27,34)29-26(33)28-25-21-7-3-5-18(21)15-19-6-4-8-22(19)25;1-23-13-14-8-10-17(11-9-14)28(22,27)25-21(26)24-20-18-6-2-4-15(18)12-16-5-3-7-19(16)20;1-9-5(8)3-2-4(6)7/h2*9-12,15H,3-8,13-14,16H2,1-2H3,(H3,27,28,29,33,34);8-12,23H,2-7,13H2,1H3,(H3,22,24,25,26,27);2-3H2,1H3,(H,6,7). The number of aryl methyl sites for hydroxylation is 6. The molecule has 8 amide bonds. The largest absolute Gasteiger partial charge is 0.481 e. The van der Waals surface area contributed by atoms with Gasteiger partial charge in [-0.3, -0.25) is 28.8 Å². The first-order valence-corrected chi connectivity index (χ1v) is 41.1. The molecule has 584 valence electrons. The Morgan fingerprint density at radius 3 is 0.881 bits per heavy atom. The molecule has 3 unspecified atom stereocenters. The van der Waals surface area contributed by atoms with Gasteiger partial charge in [0.25, 0.3) is 0 Å². The second kappa shape index (κ2) is 38.1. The molecule has 0 fully saturated rings. The zero-order valence-corrected chi connectivity index (χ0v) is 65.0. The number of amides is 8. The predicted molar refractivity (Wildman–Crippen MR) is 414 cm³/mol. The summed E-state index contributed by atoms with van der Waals surface area (Å²) >= 11 is 0. The van der Waals surface area contributed by atoms with Crippen molar-refractivity contribution in [1.82, 2.24) is 15.1 Å². The molecule has 0 aromatic heterocycles. The van der Waals surface area contributed by atoms with Crippen LogP contribution in [-0.4, -0.2) is 124 Å². The van der Waals surface area contributed by atoms with Gasteiger partial charge in [0, 0.05) is 63.6 Å². The molecule has 11 N–H and O–H groups in total. The molecule has 6 aromatic carbocycles. The summed E-state index contributed by atoms with van der Waals surface area (Å²) in [5, 5.41) is 37.7. The molecule has 28 nitrogen and oxygen atoms in total. The van der Waals surface area contributed by atoms with E-state index in [1.54, 1.807) is 74.8 Å². The Kier molecular flexibility index (Phi) is 29.1. The number of benzene rings is 6. The van der Waals surface area contributed by atoms with E-state index in [-0.39, 0.29) is 60.1 Å². The van der Waals surface area contributed by atoms with E-state index < -0.39 is 71.7 Å². The average molecular weight is 1560 g/mol. The van der Waals surface area contributed by atoms with E-state index in [9.17, 15) is 55.8 Å². The summed E-state index contributed by atoms with van der Waals surface area (Å²) in [5.41, 5.74) is 20.0. The number of carboxylic acid groups (broad SMARTS) is 1. The molecule has 6 aliphatic carbocycles. The maximum Gasteiger partial charge on any atom is 0.354 e. The van der Waals surface area contributed by atoms with Crippen LogP contribution >= 0.6 is 0 Å². The molecule has 31 heteroatoms. The van der Waals surface area contributed by atoms with E-state index in [0.717, 1.165) is 172 Å². The number of esters is 3. The summed E-state index contributed by atoms with van der Waals surface area (Å²) in [7, 11) is -1.30. The van der Waals surface area contributed by atoms with E-state index in [1.165, 1.54) is 75.6 Å². The number of nitrogens with two attached hydrogens (primary N) is 3. The number of urea groups is 3. The molecule has 6 aliphatic rings. The molecule has 0 saturated heterocycles. The summed E-state index contributed by atoms with van der Waals surface area (Å²) in [6.07, 6.45) is 18.1. The van der Waals surface area contributed by atoms with Gasteiger partial charge in [-0.15, -0.1) is 13.1 Å². The van der Waals surface area contributed by atoms with Gasteiger partial charge in [-0.2, -0.15) is 0 Å². The number of methoxy groups -OCH3 is 3. The monoisotopic (exact) mass is 1550 g/mol. The minimum absolute atomic E-state index is 0.0198. The number of anilines is 3. The number of carboxylic acids is 1. The summed E-state index contributed by atoms with van der Waals surface area (Å²) in [6, 6.07) is 24.8. The highest BCUT2D eigenvalue weighted by Crippen LogP contribution is 2.42. The van der Waals surface area contributed by atoms with Crippen molar-refractivity contribution in [2.24, 2.45) is 28.5 Å². The summed E-state index contributed by atoms with van der Waals surface area (Å²) < 4.78 is 63.9. The number of rotatable bonds is 21. The number of aliphatic carboxylic acids is 1. The van der Waals surface area contributed by atoms with Crippen LogP contribution < -0.4 is 36.7 Å². The minimum Gasteiger partial charge on any atom is -0.481 e. The van der Waals surface area contributed by atoms with Crippen molar-refractivity contribution in [3.05, 3.63) is 174 Å². The molecule has 0 radical (unpaired) electrons. The average Bonchev–Trinajstić information content (AvgIpc) is 1.66. The van der Waals surface area contributed by atoms with Crippen LogP contribution in [0.1, 0.15) is 161 Å². The second-order valence-electron chi connectivity index (χ2n) is 27.6. The van der Waals surface area contributed by atoms with Gasteiger partial charge in [-0.1, -0.05) is 54.6 Å². The third kappa shape index (κ3) is 22.5. The highest BCUT2D eigenvalue weighted by molar-refractivity contribution is 7.92. The van der Waals surface area contributed by atoms with Crippen molar-refractivity contribution in [3.63, 3.8) is 0 Å². The maximum atomic E-state index is 13.1. The van der Waals surface area contributed by atoms with E-state index in [2.05, 4.69) is 66.8 Å². The second-order valence-corrected chi connectivity index (χ2v) is 32.9. The zero-order chi connectivity index (χ0) is 78.7. The Morgan fingerprint density at radius 1 is 0.394 bits per heavy atom. The lowest BCUT2D eigenvalue weighted by Crippen LogP contribution is -2.26. The number of nitrogens with one attached hydrogen (secondary N) is 4. The van der Waals surface area contributed by atoms with E-state index >= 15 is 0 Å². The molecule has 0 spiro atoms. The van der Waals surface area contributed by atoms with Gasteiger partial charge in [0.15, 0.2) is 0 Å². The molecule has 6 aromatic rings. The Balaban J connectivity index is 0.000000179. The van der Waals surface area contributed by atoms with Crippen LogP contribution in [0.2, 0.25) is 0 Å². The lowest BCUT2D eigenvalue weighted by atomic mass is 9.99. The van der Waals surface area contributed by atoms with Crippen LogP contribution in [0.5, 0.6) is 0 Å². The van der Waals surface area contributed by atoms with Crippen LogP contribution in [0.25, 0.3) is 0 Å². The number of nitrogens with zero attached hydrogens (tertiary/aromatic N) is 5. The van der Waals surface area contributed by atoms with Gasteiger partial charge in [0.05, 0.1) is 61.7 Å². The summed E-state index contributed by atoms with van der Waals surface area (Å²) in [4.78, 5) is 109. The maximum absolute atomic E-state index is 13.1. The predicted octanol–water partition coefficient (Wildman–Crippen LogP) is 10.4. The lowest BCUT2D eigenvalue weighted by Gasteiger charge is -2.17. The SMILES string of the molecule is CNCc1ccc(S(N)(=O)=NC(=O)Nc2c3c(cc4c2CCC4)CCC3)cc1.COC(=O)CCC(=O)N(C)Cc1ccc(S(N)(=O)=NC(=O)Nc2c3c(cc4c2CCC4)CCC3)cc1.COC(=O)CCC(=O)N(C)Cc1ccc(S(N)(=O)=NC(=O)Nc2c3c(cc4c2CCC4)CCC3)cc1.COC(=O)CCC(=O)O. The number of carbonyl (C=O) groups is 9. The lowest BCUT2D eigenvalue weighted by molar-refractivity contribution is -0.145. The smallest absolute Gasteiger partial charge is 0.354 e. The number of fused-ring (bicyclic) bond motifs is 6. The van der Waals surface area contributed by atoms with Crippen molar-refractivity contribution in [3.8, 4) is 0 Å². The first-order chi connectivity index (χ1) is 52.0. The normalized spacial score (nSPS) is 15.2. The number of ether oxygens (including phenoxy) is 3. The minimum atomic E-state index is -3.46. The van der Waals surface area contributed by atoms with E-state index in [4.69, 9.17) is 20.5 Å². The van der Waals surface area contributed by atoms with Gasteiger partial charge >= 0.3 is 42.0 Å². The summed E-state index contributed by atoms with van der Waals surface area (Å²) in [6.45, 7) is 1.30. The van der Waals surface area contributed by atoms with Gasteiger partial charge in [0.1, 0.15) is 29.7 Å². The molecule has 0 heterocycles. The fraction of sp³-hybridized carbons (Fsp3) is 0.423. The molecule has 12 rings (SSSR count). The van der Waals surface area contributed by atoms with Crippen molar-refractivity contribution in [2.75, 3.05) is 58.4 Å². The molecule has 0 bridgehead atoms. The first-order valence-electron chi connectivity index (χ1n) is 36.4. The molecule has 3 atom stereocenters. The van der Waals surface area contributed by atoms with Gasteiger partial charge in [-0.05, 0) is 242 Å². The van der Waals surface area contributed by atoms with E-state index in [1.807, 2.05) is 19.2 Å². The van der Waals surface area contributed by atoms with Crippen LogP contribution in [-0.2, 0) is 169 Å². The quantitative estimate of drug-likeness (QED) is 0.0245. The Labute approximate surface area is 637 Å². The molecular formula is C78H98N12O16S3. The van der Waals surface area contributed by atoms with Crippen molar-refractivity contribution >= 4 is 101 Å². The Morgan fingerprint density at radius 2 is 0.642 bits per heavy atom. The highest BCUT2D eigenvalue weighted by Gasteiger charge is 2.30. The zero-order valence-electron chi connectivity index (χ0n) is 62.5. The number of hydrogen-bond acceptors (Lipinski definition) is 16. The first kappa shape index (κ1) is 83.3. The molecule has 0 aliphatic heterocycles. The highest BCUT2D eigenvalue weighted by atomic mass is 32.2. The Bertz CT molecular complexity index is 4570. The fourth-order valence-electron chi connectivity index (χ4n) is 14.4. The van der Waals surface area contributed by atoms with Gasteiger partial charge in [0.2, 0.25) is 11.8 Å². The van der Waals surface area contributed by atoms with Crippen LogP contribution in [0.4, 0.5) is 31.4 Å². The molecule has 109 heavy (non-hydrogen) atoms. The van der Waals surface area contributed by atoms with E-state index in [0.29, 0.717) is 24.5 Å². The summed E-state index contributed by atoms with van der Waals surface area (Å²) in [5.74, 6) is -2.74. The van der Waals surface area contributed by atoms with Crippen molar-refractivity contribution < 1.29 is 75.1 Å². The van der Waals surface area contributed by atoms with Gasteiger partial charge < -0.3 is 50.4 Å². The van der Waals surface area contributed by atoms with Crippen LogP contribution in [0.15, 0.2) is 119 Å². The Hall–Kier alpha value is -9.76. The van der Waals surface area contributed by atoms with Crippen LogP contribution in [0, 0.1) is 0 Å². The van der Waals surface area contributed by atoms with Crippen molar-refractivity contribution in [1.29, 1.82) is 0 Å². The van der Waals surface area contributed by atoms with Crippen molar-refractivity contribution in [2.45, 2.75) is 188 Å².